The summed E-state index contributed by atoms with van der Waals surface area (Å²) in [7, 11) is 0. The molecule has 1 aliphatic heterocycles. The standard InChI is InChI=1S/C17H21N3O2/c1-2-10-18-16(21)11-20-15-9-4-3-7-14(15)19-13-8-5-6-12(13)17(20)22/h3-4,7,9,12H,2,5-6,8,10-11H2,1H3,(H,18,21)/t12-/m1/s1. The molecule has 1 aromatic carbocycles. The molecule has 5 heteroatoms. The van der Waals surface area contributed by atoms with Gasteiger partial charge in [0.2, 0.25) is 11.8 Å². The second-order valence-electron chi connectivity index (χ2n) is 5.81. The third kappa shape index (κ3) is 2.75. The van der Waals surface area contributed by atoms with Gasteiger partial charge in [0.1, 0.15) is 6.54 Å². The van der Waals surface area contributed by atoms with E-state index in [-0.39, 0.29) is 24.3 Å². The van der Waals surface area contributed by atoms with Crippen molar-refractivity contribution in [2.24, 2.45) is 10.9 Å². The summed E-state index contributed by atoms with van der Waals surface area (Å²) >= 11 is 0. The molecule has 2 amide bonds. The zero-order valence-electron chi connectivity index (χ0n) is 12.8. The van der Waals surface area contributed by atoms with Crippen molar-refractivity contribution >= 4 is 28.9 Å². The molecule has 1 aromatic rings. The summed E-state index contributed by atoms with van der Waals surface area (Å²) in [6.45, 7) is 2.70. The van der Waals surface area contributed by atoms with Crippen LogP contribution in [0.15, 0.2) is 29.3 Å². The van der Waals surface area contributed by atoms with Gasteiger partial charge in [-0.15, -0.1) is 0 Å². The van der Waals surface area contributed by atoms with Crippen molar-refractivity contribution in [3.8, 4) is 0 Å². The smallest absolute Gasteiger partial charge is 0.240 e. The van der Waals surface area contributed by atoms with Gasteiger partial charge in [-0.3, -0.25) is 14.6 Å². The van der Waals surface area contributed by atoms with Gasteiger partial charge in [0, 0.05) is 12.3 Å². The normalized spacial score (nSPS) is 20.0. The lowest BCUT2D eigenvalue weighted by atomic mass is 10.1. The van der Waals surface area contributed by atoms with Crippen LogP contribution in [0.4, 0.5) is 11.4 Å². The second-order valence-corrected chi connectivity index (χ2v) is 5.81. The maximum Gasteiger partial charge on any atom is 0.240 e. The number of para-hydroxylation sites is 2. The molecule has 1 fully saturated rings. The van der Waals surface area contributed by atoms with E-state index in [1.54, 1.807) is 4.90 Å². The highest BCUT2D eigenvalue weighted by atomic mass is 16.2. The lowest BCUT2D eigenvalue weighted by Gasteiger charge is -2.24. The van der Waals surface area contributed by atoms with Crippen molar-refractivity contribution in [2.75, 3.05) is 18.0 Å². The van der Waals surface area contributed by atoms with Crippen molar-refractivity contribution in [1.82, 2.24) is 5.32 Å². The van der Waals surface area contributed by atoms with Gasteiger partial charge in [0.05, 0.1) is 17.3 Å². The predicted molar refractivity (Wildman–Crippen MR) is 86.5 cm³/mol. The van der Waals surface area contributed by atoms with Gasteiger partial charge in [0.25, 0.3) is 0 Å². The van der Waals surface area contributed by atoms with Crippen LogP contribution >= 0.6 is 0 Å². The van der Waals surface area contributed by atoms with Crippen LogP contribution in [0.3, 0.4) is 0 Å². The number of nitrogens with zero attached hydrogens (tertiary/aromatic N) is 2. The minimum absolute atomic E-state index is 0.00727. The lowest BCUT2D eigenvalue weighted by molar-refractivity contribution is -0.124. The van der Waals surface area contributed by atoms with Crippen LogP contribution in [0, 0.1) is 5.92 Å². The first-order chi connectivity index (χ1) is 10.7. The lowest BCUT2D eigenvalue weighted by Crippen LogP contribution is -2.43. The van der Waals surface area contributed by atoms with Crippen LogP contribution < -0.4 is 10.2 Å². The molecule has 5 nitrogen and oxygen atoms in total. The topological polar surface area (TPSA) is 61.8 Å². The molecule has 1 heterocycles. The second kappa shape index (κ2) is 6.30. The van der Waals surface area contributed by atoms with E-state index in [2.05, 4.69) is 5.32 Å². The summed E-state index contributed by atoms with van der Waals surface area (Å²) in [5, 5.41) is 2.84. The summed E-state index contributed by atoms with van der Waals surface area (Å²) in [6.07, 6.45) is 3.58. The van der Waals surface area contributed by atoms with Crippen LogP contribution in [0.25, 0.3) is 0 Å². The third-order valence-corrected chi connectivity index (χ3v) is 4.20. The van der Waals surface area contributed by atoms with Gasteiger partial charge >= 0.3 is 0 Å². The average Bonchev–Trinajstić information content (AvgIpc) is 2.95. The van der Waals surface area contributed by atoms with Crippen molar-refractivity contribution in [3.05, 3.63) is 24.3 Å². The van der Waals surface area contributed by atoms with Gasteiger partial charge in [-0.2, -0.15) is 0 Å². The molecule has 0 aromatic heterocycles. The number of anilines is 1. The number of fused-ring (bicyclic) bond motifs is 2. The Morgan fingerprint density at radius 3 is 3.05 bits per heavy atom. The number of nitrogens with one attached hydrogen (secondary N) is 1. The number of carbonyl (C=O) groups is 2. The summed E-state index contributed by atoms with van der Waals surface area (Å²) in [5.74, 6) is -0.273. The Hall–Kier alpha value is -2.17. The van der Waals surface area contributed by atoms with Crippen molar-refractivity contribution in [3.63, 3.8) is 0 Å². The number of hydrogen-bond donors (Lipinski definition) is 1. The maximum atomic E-state index is 12.9. The van der Waals surface area contributed by atoms with E-state index in [9.17, 15) is 9.59 Å². The molecule has 1 N–H and O–H groups in total. The summed E-state index contributed by atoms with van der Waals surface area (Å²) in [4.78, 5) is 31.2. The molecule has 2 aliphatic rings. The fourth-order valence-electron chi connectivity index (χ4n) is 3.10. The minimum atomic E-state index is -0.161. The first-order valence-corrected chi connectivity index (χ1v) is 7.95. The molecule has 0 radical (unpaired) electrons. The number of rotatable bonds is 4. The molecule has 0 bridgehead atoms. The quantitative estimate of drug-likeness (QED) is 0.928. The fourth-order valence-corrected chi connectivity index (χ4v) is 3.10. The Labute approximate surface area is 130 Å². The van der Waals surface area contributed by atoms with E-state index in [1.807, 2.05) is 31.2 Å². The summed E-state index contributed by atoms with van der Waals surface area (Å²) in [6, 6.07) is 7.57. The monoisotopic (exact) mass is 299 g/mol. The molecule has 0 unspecified atom stereocenters. The molecular weight excluding hydrogens is 278 g/mol. The van der Waals surface area contributed by atoms with Crippen LogP contribution in [0.1, 0.15) is 32.6 Å². The fraction of sp³-hybridized carbons (Fsp3) is 0.471. The average molecular weight is 299 g/mol. The number of hydrogen-bond acceptors (Lipinski definition) is 3. The Morgan fingerprint density at radius 2 is 2.23 bits per heavy atom. The van der Waals surface area contributed by atoms with Gasteiger partial charge in [-0.25, -0.2) is 0 Å². The largest absolute Gasteiger partial charge is 0.355 e. The molecule has 22 heavy (non-hydrogen) atoms. The Bertz CT molecular complexity index is 624. The zero-order chi connectivity index (χ0) is 15.5. The summed E-state index contributed by atoms with van der Waals surface area (Å²) in [5.41, 5.74) is 2.49. The Balaban J connectivity index is 1.92. The SMILES string of the molecule is CCCNC(=O)CN1C(=O)[C@@H]2CCCC2=Nc2ccccc21. The predicted octanol–water partition coefficient (Wildman–Crippen LogP) is 2.43. The van der Waals surface area contributed by atoms with E-state index in [1.165, 1.54) is 0 Å². The van der Waals surface area contributed by atoms with E-state index >= 15 is 0 Å². The van der Waals surface area contributed by atoms with E-state index in [0.29, 0.717) is 6.54 Å². The highest BCUT2D eigenvalue weighted by molar-refractivity contribution is 6.16. The molecule has 1 atom stereocenters. The minimum Gasteiger partial charge on any atom is -0.355 e. The molecule has 0 saturated heterocycles. The third-order valence-electron chi connectivity index (χ3n) is 4.20. The Morgan fingerprint density at radius 1 is 1.41 bits per heavy atom. The van der Waals surface area contributed by atoms with Crippen LogP contribution in [-0.2, 0) is 9.59 Å². The van der Waals surface area contributed by atoms with Gasteiger partial charge in [0.15, 0.2) is 0 Å². The molecule has 1 aliphatic carbocycles. The van der Waals surface area contributed by atoms with Crippen molar-refractivity contribution in [2.45, 2.75) is 32.6 Å². The molecule has 3 rings (SSSR count). The van der Waals surface area contributed by atoms with Crippen molar-refractivity contribution in [1.29, 1.82) is 0 Å². The molecular formula is C17H21N3O2. The highest BCUT2D eigenvalue weighted by Gasteiger charge is 2.36. The van der Waals surface area contributed by atoms with E-state index in [4.69, 9.17) is 4.99 Å². The number of amides is 2. The van der Waals surface area contributed by atoms with E-state index < -0.39 is 0 Å². The summed E-state index contributed by atoms with van der Waals surface area (Å²) < 4.78 is 0. The van der Waals surface area contributed by atoms with E-state index in [0.717, 1.165) is 42.8 Å². The first-order valence-electron chi connectivity index (χ1n) is 7.95. The van der Waals surface area contributed by atoms with Crippen LogP contribution in [0.2, 0.25) is 0 Å². The van der Waals surface area contributed by atoms with Crippen LogP contribution in [-0.4, -0.2) is 30.6 Å². The zero-order valence-corrected chi connectivity index (χ0v) is 12.8. The van der Waals surface area contributed by atoms with Crippen LogP contribution in [0.5, 0.6) is 0 Å². The maximum absolute atomic E-state index is 12.9. The number of aliphatic imine (C=N–C) groups is 1. The number of carbonyl (C=O) groups excluding carboxylic acids is 2. The molecule has 116 valence electrons. The Kier molecular flexibility index (Phi) is 4.22. The molecule has 0 spiro atoms. The van der Waals surface area contributed by atoms with Gasteiger partial charge in [-0.05, 0) is 37.8 Å². The van der Waals surface area contributed by atoms with Crippen molar-refractivity contribution < 1.29 is 9.59 Å². The number of benzene rings is 1. The highest BCUT2D eigenvalue weighted by Crippen LogP contribution is 2.37. The van der Waals surface area contributed by atoms with Gasteiger partial charge in [-0.1, -0.05) is 19.1 Å². The molecule has 1 saturated carbocycles. The first kappa shape index (κ1) is 14.8. The van der Waals surface area contributed by atoms with Gasteiger partial charge < -0.3 is 10.2 Å².